The van der Waals surface area contributed by atoms with E-state index in [0.717, 1.165) is 6.20 Å². The van der Waals surface area contributed by atoms with Crippen molar-refractivity contribution < 1.29 is 8.91 Å². The minimum absolute atomic E-state index is 0.189. The van der Waals surface area contributed by atoms with Crippen molar-refractivity contribution in [1.82, 2.24) is 10.1 Å². The molecular formula is C14H8Cl2FN3O. The number of halogens is 3. The van der Waals surface area contributed by atoms with E-state index in [-0.39, 0.29) is 5.82 Å². The number of nitrogens with two attached hydrogens (primary N) is 1. The predicted molar refractivity (Wildman–Crippen MR) is 79.6 cm³/mol. The zero-order chi connectivity index (χ0) is 15.0. The van der Waals surface area contributed by atoms with Crippen LogP contribution in [0.4, 0.5) is 10.2 Å². The summed E-state index contributed by atoms with van der Waals surface area (Å²) in [5.74, 6) is 0.0859. The maximum absolute atomic E-state index is 13.0. The first-order valence-corrected chi connectivity index (χ1v) is 6.64. The second kappa shape index (κ2) is 5.35. The summed E-state index contributed by atoms with van der Waals surface area (Å²) in [6.07, 6.45) is 1.09. The number of benzene rings is 1. The summed E-state index contributed by atoms with van der Waals surface area (Å²) in [6, 6.07) is 7.80. The lowest BCUT2D eigenvalue weighted by molar-refractivity contribution is 0.434. The van der Waals surface area contributed by atoms with Gasteiger partial charge < -0.3 is 10.3 Å². The van der Waals surface area contributed by atoms with E-state index in [2.05, 4.69) is 10.1 Å². The summed E-state index contributed by atoms with van der Waals surface area (Å²) in [4.78, 5) is 3.96. The molecule has 21 heavy (non-hydrogen) atoms. The summed E-state index contributed by atoms with van der Waals surface area (Å²) >= 11 is 11.9. The van der Waals surface area contributed by atoms with Gasteiger partial charge >= 0.3 is 0 Å². The quantitative estimate of drug-likeness (QED) is 0.757. The maximum Gasteiger partial charge on any atom is 0.195 e. The molecule has 7 heteroatoms. The normalized spacial score (nSPS) is 10.8. The Morgan fingerprint density at radius 1 is 1.10 bits per heavy atom. The van der Waals surface area contributed by atoms with Gasteiger partial charge in [-0.2, -0.15) is 0 Å². The van der Waals surface area contributed by atoms with Gasteiger partial charge in [0.05, 0.1) is 21.8 Å². The number of pyridine rings is 1. The summed E-state index contributed by atoms with van der Waals surface area (Å²) in [5, 5.41) is 4.55. The Morgan fingerprint density at radius 3 is 2.57 bits per heavy atom. The topological polar surface area (TPSA) is 64.9 Å². The van der Waals surface area contributed by atoms with Crippen LogP contribution in [-0.4, -0.2) is 10.1 Å². The number of rotatable bonds is 2. The monoisotopic (exact) mass is 323 g/mol. The average molecular weight is 324 g/mol. The van der Waals surface area contributed by atoms with E-state index in [1.165, 1.54) is 12.1 Å². The first-order chi connectivity index (χ1) is 10.1. The molecule has 1 aromatic carbocycles. The molecule has 3 rings (SSSR count). The van der Waals surface area contributed by atoms with E-state index in [0.29, 0.717) is 32.6 Å². The Hall–Kier alpha value is -2.11. The van der Waals surface area contributed by atoms with Crippen molar-refractivity contribution in [3.63, 3.8) is 0 Å². The Labute approximate surface area is 129 Å². The molecular weight excluding hydrogens is 316 g/mol. The first kappa shape index (κ1) is 13.9. The van der Waals surface area contributed by atoms with Crippen LogP contribution < -0.4 is 5.73 Å². The molecule has 106 valence electrons. The van der Waals surface area contributed by atoms with Gasteiger partial charge in [-0.3, -0.25) is 0 Å². The Kier molecular flexibility index (Phi) is 3.53. The minimum atomic E-state index is -0.442. The molecule has 0 unspecified atom stereocenters. The lowest BCUT2D eigenvalue weighted by atomic mass is 10.0. The molecule has 0 saturated heterocycles. The molecule has 0 atom stereocenters. The SMILES string of the molecule is Nc1noc(-c2ccc(F)cn2)c1-c1ccc(Cl)c(Cl)c1. The van der Waals surface area contributed by atoms with Gasteiger partial charge in [-0.1, -0.05) is 34.4 Å². The second-order valence-corrected chi connectivity index (χ2v) is 5.08. The fourth-order valence-corrected chi connectivity index (χ4v) is 2.22. The van der Waals surface area contributed by atoms with Crippen LogP contribution in [0.2, 0.25) is 10.0 Å². The zero-order valence-corrected chi connectivity index (χ0v) is 12.0. The average Bonchev–Trinajstić information content (AvgIpc) is 2.85. The molecule has 0 aliphatic heterocycles. The first-order valence-electron chi connectivity index (χ1n) is 5.89. The largest absolute Gasteiger partial charge is 0.380 e. The van der Waals surface area contributed by atoms with E-state index >= 15 is 0 Å². The highest BCUT2D eigenvalue weighted by atomic mass is 35.5. The molecule has 2 heterocycles. The number of anilines is 1. The van der Waals surface area contributed by atoms with E-state index in [1.54, 1.807) is 18.2 Å². The van der Waals surface area contributed by atoms with Crippen LogP contribution in [0.1, 0.15) is 0 Å². The van der Waals surface area contributed by atoms with Crippen molar-refractivity contribution >= 4 is 29.0 Å². The lowest BCUT2D eigenvalue weighted by Crippen LogP contribution is -1.90. The number of nitrogen functional groups attached to an aromatic ring is 1. The number of aromatic nitrogens is 2. The highest BCUT2D eigenvalue weighted by molar-refractivity contribution is 6.42. The number of hydrogen-bond donors (Lipinski definition) is 1. The summed E-state index contributed by atoms with van der Waals surface area (Å²) < 4.78 is 18.2. The maximum atomic E-state index is 13.0. The fourth-order valence-electron chi connectivity index (χ4n) is 1.92. The highest BCUT2D eigenvalue weighted by Gasteiger charge is 2.19. The van der Waals surface area contributed by atoms with Crippen molar-refractivity contribution in [3.05, 3.63) is 52.4 Å². The predicted octanol–water partition coefficient (Wildman–Crippen LogP) is 4.43. The van der Waals surface area contributed by atoms with E-state index in [9.17, 15) is 4.39 Å². The van der Waals surface area contributed by atoms with Crippen molar-refractivity contribution in [2.45, 2.75) is 0 Å². The fraction of sp³-hybridized carbons (Fsp3) is 0. The van der Waals surface area contributed by atoms with Gasteiger partial charge in [0.2, 0.25) is 0 Å². The van der Waals surface area contributed by atoms with Crippen molar-refractivity contribution in [3.8, 4) is 22.6 Å². The summed E-state index contributed by atoms with van der Waals surface area (Å²) in [6.45, 7) is 0. The summed E-state index contributed by atoms with van der Waals surface area (Å²) in [5.41, 5.74) is 7.48. The van der Waals surface area contributed by atoms with Crippen LogP contribution in [0.15, 0.2) is 41.1 Å². The van der Waals surface area contributed by atoms with Gasteiger partial charge in [0.1, 0.15) is 11.5 Å². The van der Waals surface area contributed by atoms with E-state index < -0.39 is 5.82 Å². The van der Waals surface area contributed by atoms with Crippen LogP contribution in [0.25, 0.3) is 22.6 Å². The van der Waals surface area contributed by atoms with Crippen molar-refractivity contribution in [2.75, 3.05) is 5.73 Å². The van der Waals surface area contributed by atoms with Crippen LogP contribution in [-0.2, 0) is 0 Å². The molecule has 0 aliphatic carbocycles. The summed E-state index contributed by atoms with van der Waals surface area (Å²) in [7, 11) is 0. The smallest absolute Gasteiger partial charge is 0.195 e. The molecule has 0 fully saturated rings. The van der Waals surface area contributed by atoms with E-state index in [1.807, 2.05) is 0 Å². The minimum Gasteiger partial charge on any atom is -0.380 e. The van der Waals surface area contributed by atoms with E-state index in [4.69, 9.17) is 33.5 Å². The van der Waals surface area contributed by atoms with Crippen molar-refractivity contribution in [1.29, 1.82) is 0 Å². The molecule has 0 amide bonds. The highest BCUT2D eigenvalue weighted by Crippen LogP contribution is 2.38. The Balaban J connectivity index is 2.16. The van der Waals surface area contributed by atoms with Gasteiger partial charge in [0.15, 0.2) is 11.6 Å². The third kappa shape index (κ3) is 2.57. The van der Waals surface area contributed by atoms with Gasteiger partial charge in [0.25, 0.3) is 0 Å². The molecule has 0 radical (unpaired) electrons. The third-order valence-corrected chi connectivity index (χ3v) is 3.63. The third-order valence-electron chi connectivity index (χ3n) is 2.89. The molecule has 4 nitrogen and oxygen atoms in total. The molecule has 0 bridgehead atoms. The zero-order valence-electron chi connectivity index (χ0n) is 10.5. The molecule has 0 aliphatic rings. The Morgan fingerprint density at radius 2 is 1.90 bits per heavy atom. The van der Waals surface area contributed by atoms with Crippen LogP contribution in [0.5, 0.6) is 0 Å². The van der Waals surface area contributed by atoms with Gasteiger partial charge in [-0.25, -0.2) is 9.37 Å². The van der Waals surface area contributed by atoms with Gasteiger partial charge in [-0.15, -0.1) is 0 Å². The molecule has 3 aromatic rings. The molecule has 0 saturated carbocycles. The van der Waals surface area contributed by atoms with Crippen molar-refractivity contribution in [2.24, 2.45) is 0 Å². The van der Waals surface area contributed by atoms with Crippen LogP contribution >= 0.6 is 23.2 Å². The lowest BCUT2D eigenvalue weighted by Gasteiger charge is -2.04. The standard InChI is InChI=1S/C14H8Cl2FN3O/c15-9-3-1-7(5-10(9)16)12-13(21-20-14(12)18)11-4-2-8(17)6-19-11/h1-6H,(H2,18,20). The number of hydrogen-bond acceptors (Lipinski definition) is 4. The van der Waals surface area contributed by atoms with Gasteiger partial charge in [0, 0.05) is 0 Å². The Bertz CT molecular complexity index is 802. The molecule has 2 N–H and O–H groups in total. The van der Waals surface area contributed by atoms with Crippen LogP contribution in [0, 0.1) is 5.82 Å². The molecule has 0 spiro atoms. The number of nitrogens with zero attached hydrogens (tertiary/aromatic N) is 2. The van der Waals surface area contributed by atoms with Gasteiger partial charge in [-0.05, 0) is 29.8 Å². The second-order valence-electron chi connectivity index (χ2n) is 4.26. The van der Waals surface area contributed by atoms with Crippen LogP contribution in [0.3, 0.4) is 0 Å². The molecule has 2 aromatic heterocycles.